The van der Waals surface area contributed by atoms with Crippen molar-refractivity contribution in [2.24, 2.45) is 5.73 Å². The van der Waals surface area contributed by atoms with E-state index in [0.717, 1.165) is 0 Å². The van der Waals surface area contributed by atoms with Crippen LogP contribution in [0.15, 0.2) is 42.5 Å². The van der Waals surface area contributed by atoms with Crippen molar-refractivity contribution < 1.29 is 9.13 Å². The van der Waals surface area contributed by atoms with Gasteiger partial charge in [0, 0.05) is 18.7 Å². The summed E-state index contributed by atoms with van der Waals surface area (Å²) in [6, 6.07) is 11.8. The van der Waals surface area contributed by atoms with Crippen LogP contribution in [0.4, 0.5) is 15.8 Å². The quantitative estimate of drug-likeness (QED) is 0.877. The third-order valence-corrected chi connectivity index (χ3v) is 3.27. The molecule has 2 rings (SSSR count). The van der Waals surface area contributed by atoms with Crippen LogP contribution in [0.1, 0.15) is 5.56 Å². The summed E-state index contributed by atoms with van der Waals surface area (Å²) in [7, 11) is 3.33. The summed E-state index contributed by atoms with van der Waals surface area (Å²) in [5, 5.41) is 0. The van der Waals surface area contributed by atoms with Gasteiger partial charge in [0.1, 0.15) is 16.6 Å². The fraction of sp³-hybridized carbons (Fsp3) is 0.133. The molecule has 2 aromatic rings. The Morgan fingerprint density at radius 1 is 1.20 bits per heavy atom. The molecular formula is C15H15FN2OS. The molecule has 0 amide bonds. The molecular weight excluding hydrogens is 275 g/mol. The number of methoxy groups -OCH3 is 1. The summed E-state index contributed by atoms with van der Waals surface area (Å²) in [6.07, 6.45) is 0. The number of para-hydroxylation sites is 1. The van der Waals surface area contributed by atoms with E-state index >= 15 is 0 Å². The van der Waals surface area contributed by atoms with Gasteiger partial charge >= 0.3 is 0 Å². The van der Waals surface area contributed by atoms with Crippen LogP contribution < -0.4 is 15.4 Å². The molecule has 0 bridgehead atoms. The highest BCUT2D eigenvalue weighted by Crippen LogP contribution is 2.31. The molecule has 0 saturated heterocycles. The van der Waals surface area contributed by atoms with Crippen LogP contribution >= 0.6 is 12.2 Å². The van der Waals surface area contributed by atoms with Gasteiger partial charge in [-0.1, -0.05) is 24.4 Å². The number of hydrogen-bond acceptors (Lipinski definition) is 3. The molecule has 2 N–H and O–H groups in total. The van der Waals surface area contributed by atoms with E-state index in [2.05, 4.69) is 0 Å². The van der Waals surface area contributed by atoms with Crippen LogP contribution in [0.5, 0.6) is 5.75 Å². The summed E-state index contributed by atoms with van der Waals surface area (Å²) in [6.45, 7) is 0. The van der Waals surface area contributed by atoms with Gasteiger partial charge in [0.2, 0.25) is 0 Å². The minimum atomic E-state index is -0.313. The Labute approximate surface area is 122 Å². The molecule has 0 aliphatic rings. The normalized spacial score (nSPS) is 10.2. The van der Waals surface area contributed by atoms with E-state index in [-0.39, 0.29) is 10.8 Å². The van der Waals surface area contributed by atoms with E-state index < -0.39 is 0 Å². The monoisotopic (exact) mass is 290 g/mol. The van der Waals surface area contributed by atoms with Gasteiger partial charge in [0.25, 0.3) is 0 Å². The predicted molar refractivity (Wildman–Crippen MR) is 83.3 cm³/mol. The van der Waals surface area contributed by atoms with Crippen molar-refractivity contribution in [1.29, 1.82) is 0 Å². The number of thiocarbonyl (C=S) groups is 1. The predicted octanol–water partition coefficient (Wildman–Crippen LogP) is 3.24. The fourth-order valence-electron chi connectivity index (χ4n) is 1.98. The van der Waals surface area contributed by atoms with E-state index in [1.54, 1.807) is 55.5 Å². The maximum Gasteiger partial charge on any atom is 0.146 e. The third kappa shape index (κ3) is 2.72. The Hall–Kier alpha value is -2.14. The van der Waals surface area contributed by atoms with Gasteiger partial charge < -0.3 is 15.4 Å². The fourth-order valence-corrected chi connectivity index (χ4v) is 2.15. The molecule has 20 heavy (non-hydrogen) atoms. The van der Waals surface area contributed by atoms with E-state index in [9.17, 15) is 4.39 Å². The summed E-state index contributed by atoms with van der Waals surface area (Å²) < 4.78 is 19.1. The van der Waals surface area contributed by atoms with Gasteiger partial charge in [-0.3, -0.25) is 0 Å². The molecule has 3 nitrogen and oxygen atoms in total. The molecule has 0 unspecified atom stereocenters. The van der Waals surface area contributed by atoms with E-state index in [1.807, 2.05) is 0 Å². The molecule has 104 valence electrons. The standard InChI is InChI=1S/C15H15FN2OS/c1-18(13-6-4-3-5-12(13)16)14-9-10(19-2)7-8-11(14)15(17)20/h3-9H,1-2H3,(H2,17,20). The van der Waals surface area contributed by atoms with Gasteiger partial charge in [-0.15, -0.1) is 0 Å². The van der Waals surface area contributed by atoms with Crippen molar-refractivity contribution in [3.05, 3.63) is 53.8 Å². The molecule has 2 aromatic carbocycles. The maximum atomic E-state index is 13.9. The number of rotatable bonds is 4. The Kier molecular flexibility index (Phi) is 4.20. The van der Waals surface area contributed by atoms with Crippen LogP contribution in [-0.2, 0) is 0 Å². The van der Waals surface area contributed by atoms with Gasteiger partial charge in [0.05, 0.1) is 18.5 Å². The summed E-state index contributed by atoms with van der Waals surface area (Å²) in [5.41, 5.74) is 7.54. The zero-order valence-electron chi connectivity index (χ0n) is 11.3. The highest BCUT2D eigenvalue weighted by Gasteiger charge is 2.15. The molecule has 0 heterocycles. The lowest BCUT2D eigenvalue weighted by atomic mass is 10.1. The molecule has 0 aliphatic carbocycles. The lowest BCUT2D eigenvalue weighted by molar-refractivity contribution is 0.415. The average Bonchev–Trinajstić information content (AvgIpc) is 2.46. The summed E-state index contributed by atoms with van der Waals surface area (Å²) in [5.74, 6) is 0.342. The number of halogens is 1. The average molecular weight is 290 g/mol. The second-order valence-electron chi connectivity index (χ2n) is 4.26. The van der Waals surface area contributed by atoms with Crippen molar-refractivity contribution in [1.82, 2.24) is 0 Å². The molecule has 0 aromatic heterocycles. The summed E-state index contributed by atoms with van der Waals surface area (Å²) in [4.78, 5) is 1.96. The first-order valence-corrected chi connectivity index (χ1v) is 6.41. The minimum absolute atomic E-state index is 0.255. The molecule has 0 fully saturated rings. The number of nitrogens with two attached hydrogens (primary N) is 1. The zero-order chi connectivity index (χ0) is 14.7. The van der Waals surface area contributed by atoms with Crippen LogP contribution in [0, 0.1) is 5.82 Å². The van der Waals surface area contributed by atoms with E-state index in [4.69, 9.17) is 22.7 Å². The molecule has 0 saturated carbocycles. The first-order chi connectivity index (χ1) is 9.54. The molecule has 0 spiro atoms. The number of anilines is 2. The second-order valence-corrected chi connectivity index (χ2v) is 4.70. The van der Waals surface area contributed by atoms with Crippen molar-refractivity contribution in [2.75, 3.05) is 19.1 Å². The zero-order valence-corrected chi connectivity index (χ0v) is 12.1. The Bertz CT molecular complexity index is 646. The van der Waals surface area contributed by atoms with Gasteiger partial charge in [-0.05, 0) is 24.3 Å². The van der Waals surface area contributed by atoms with Crippen molar-refractivity contribution in [2.45, 2.75) is 0 Å². The molecule has 0 aliphatic heterocycles. The highest BCUT2D eigenvalue weighted by molar-refractivity contribution is 7.80. The number of ether oxygens (including phenoxy) is 1. The molecule has 0 radical (unpaired) electrons. The van der Waals surface area contributed by atoms with Crippen LogP contribution in [0.2, 0.25) is 0 Å². The molecule has 0 atom stereocenters. The van der Waals surface area contributed by atoms with Gasteiger partial charge in [-0.2, -0.15) is 0 Å². The maximum absolute atomic E-state index is 13.9. The number of hydrogen-bond donors (Lipinski definition) is 1. The minimum Gasteiger partial charge on any atom is -0.497 e. The van der Waals surface area contributed by atoms with Gasteiger partial charge in [0.15, 0.2) is 0 Å². The highest BCUT2D eigenvalue weighted by atomic mass is 32.1. The largest absolute Gasteiger partial charge is 0.497 e. The van der Waals surface area contributed by atoms with E-state index in [1.165, 1.54) is 6.07 Å². The Balaban J connectivity index is 2.55. The lowest BCUT2D eigenvalue weighted by Crippen LogP contribution is -2.18. The third-order valence-electron chi connectivity index (χ3n) is 3.05. The van der Waals surface area contributed by atoms with Crippen LogP contribution in [-0.4, -0.2) is 19.1 Å². The smallest absolute Gasteiger partial charge is 0.146 e. The van der Waals surface area contributed by atoms with E-state index in [0.29, 0.717) is 22.7 Å². The number of benzene rings is 2. The van der Waals surface area contributed by atoms with Crippen molar-refractivity contribution in [3.63, 3.8) is 0 Å². The molecule has 5 heteroatoms. The Morgan fingerprint density at radius 2 is 1.90 bits per heavy atom. The lowest BCUT2D eigenvalue weighted by Gasteiger charge is -2.23. The van der Waals surface area contributed by atoms with Gasteiger partial charge in [-0.25, -0.2) is 4.39 Å². The SMILES string of the molecule is COc1ccc(C(N)=S)c(N(C)c2ccccc2F)c1. The second kappa shape index (κ2) is 5.88. The first kappa shape index (κ1) is 14.3. The topological polar surface area (TPSA) is 38.5 Å². The van der Waals surface area contributed by atoms with Crippen molar-refractivity contribution in [3.8, 4) is 5.75 Å². The Morgan fingerprint density at radius 3 is 2.50 bits per heavy atom. The van der Waals surface area contributed by atoms with Crippen LogP contribution in [0.3, 0.4) is 0 Å². The first-order valence-electron chi connectivity index (χ1n) is 6.00. The summed E-state index contributed by atoms with van der Waals surface area (Å²) >= 11 is 5.05. The number of nitrogens with zero attached hydrogens (tertiary/aromatic N) is 1. The van der Waals surface area contributed by atoms with Crippen molar-refractivity contribution >= 4 is 28.6 Å². The van der Waals surface area contributed by atoms with Crippen LogP contribution in [0.25, 0.3) is 0 Å².